The highest BCUT2D eigenvalue weighted by Gasteiger charge is 2.15. The molecule has 1 atom stereocenters. The van der Waals surface area contributed by atoms with Crippen LogP contribution in [0.3, 0.4) is 0 Å². The lowest BCUT2D eigenvalue weighted by molar-refractivity contribution is 0.290. The van der Waals surface area contributed by atoms with Gasteiger partial charge in [0.25, 0.3) is 0 Å². The van der Waals surface area contributed by atoms with Crippen molar-refractivity contribution in [2.24, 2.45) is 11.8 Å². The fraction of sp³-hybridized carbons (Fsp3) is 1.00. The molecule has 0 rings (SSSR count). The van der Waals surface area contributed by atoms with E-state index in [4.69, 9.17) is 0 Å². The van der Waals surface area contributed by atoms with Crippen LogP contribution in [0.25, 0.3) is 0 Å². The van der Waals surface area contributed by atoms with Gasteiger partial charge in [-0.2, -0.15) is 0 Å². The molecule has 0 saturated heterocycles. The van der Waals surface area contributed by atoms with Gasteiger partial charge in [0.1, 0.15) is 0 Å². The molecule has 0 nitrogen and oxygen atoms in total. The second-order valence-corrected chi connectivity index (χ2v) is 6.54. The molecule has 0 N–H and O–H groups in total. The van der Waals surface area contributed by atoms with Gasteiger partial charge in [-0.1, -0.05) is 105 Å². The Morgan fingerprint density at radius 1 is 0.474 bits per heavy atom. The summed E-state index contributed by atoms with van der Waals surface area (Å²) in [6.45, 7) is 9.35. The summed E-state index contributed by atoms with van der Waals surface area (Å²) in [5, 5.41) is 0. The molecule has 0 aliphatic heterocycles. The predicted molar refractivity (Wildman–Crippen MR) is 89.7 cm³/mol. The second-order valence-electron chi connectivity index (χ2n) is 6.54. The summed E-state index contributed by atoms with van der Waals surface area (Å²) in [4.78, 5) is 0. The van der Waals surface area contributed by atoms with Gasteiger partial charge in [0, 0.05) is 0 Å². The average molecular weight is 269 g/mol. The first-order chi connectivity index (χ1) is 9.28. The van der Waals surface area contributed by atoms with Gasteiger partial charge in [0.15, 0.2) is 0 Å². The van der Waals surface area contributed by atoms with Crippen molar-refractivity contribution in [1.82, 2.24) is 0 Å². The van der Waals surface area contributed by atoms with Gasteiger partial charge >= 0.3 is 0 Å². The van der Waals surface area contributed by atoms with E-state index in [1.807, 2.05) is 0 Å². The van der Waals surface area contributed by atoms with E-state index in [1.54, 1.807) is 0 Å². The second kappa shape index (κ2) is 14.4. The number of rotatable bonds is 14. The zero-order valence-corrected chi connectivity index (χ0v) is 14.3. The highest BCUT2D eigenvalue weighted by molar-refractivity contribution is 4.67. The summed E-state index contributed by atoms with van der Waals surface area (Å²) in [7, 11) is 0. The zero-order valence-electron chi connectivity index (χ0n) is 14.3. The van der Waals surface area contributed by atoms with Crippen LogP contribution in [0.2, 0.25) is 0 Å². The van der Waals surface area contributed by atoms with E-state index in [9.17, 15) is 0 Å². The Morgan fingerprint density at radius 3 is 1.42 bits per heavy atom. The van der Waals surface area contributed by atoms with Gasteiger partial charge in [-0.15, -0.1) is 0 Å². The van der Waals surface area contributed by atoms with Crippen LogP contribution >= 0.6 is 0 Å². The fourth-order valence-electron chi connectivity index (χ4n) is 3.31. The van der Waals surface area contributed by atoms with E-state index >= 15 is 0 Å². The smallest absolute Gasteiger partial charge is 0.0412 e. The molecule has 0 bridgehead atoms. The van der Waals surface area contributed by atoms with Gasteiger partial charge in [0.2, 0.25) is 0 Å². The summed E-state index contributed by atoms with van der Waals surface area (Å²) in [5.41, 5.74) is 0. The van der Waals surface area contributed by atoms with Crippen LogP contribution in [0.5, 0.6) is 0 Å². The Kier molecular flexibility index (Phi) is 14.4. The third kappa shape index (κ3) is 11.5. The van der Waals surface area contributed by atoms with Crippen molar-refractivity contribution < 1.29 is 0 Å². The molecule has 116 valence electrons. The zero-order chi connectivity index (χ0) is 14.3. The molecular weight excluding hydrogens is 228 g/mol. The molecule has 0 fully saturated rings. The molecule has 0 amide bonds. The number of unbranched alkanes of at least 4 members (excludes halogenated alkanes) is 4. The molecule has 0 aromatic heterocycles. The van der Waals surface area contributed by atoms with Crippen molar-refractivity contribution in [2.75, 3.05) is 0 Å². The van der Waals surface area contributed by atoms with Gasteiger partial charge < -0.3 is 0 Å². The van der Waals surface area contributed by atoms with Crippen LogP contribution in [-0.2, 0) is 0 Å². The van der Waals surface area contributed by atoms with Crippen molar-refractivity contribution in [2.45, 2.75) is 111 Å². The molecule has 0 saturated carbocycles. The minimum atomic E-state index is 1.02. The summed E-state index contributed by atoms with van der Waals surface area (Å²) < 4.78 is 0. The van der Waals surface area contributed by atoms with Crippen molar-refractivity contribution in [3.63, 3.8) is 0 Å². The van der Waals surface area contributed by atoms with Gasteiger partial charge in [-0.3, -0.25) is 0 Å². The third-order valence-electron chi connectivity index (χ3n) is 4.51. The van der Waals surface area contributed by atoms with E-state index in [0.717, 1.165) is 11.8 Å². The molecule has 1 unspecified atom stereocenters. The summed E-state index contributed by atoms with van der Waals surface area (Å²) in [6, 6.07) is 0. The largest absolute Gasteiger partial charge is 0.0654 e. The normalized spacial score (nSPS) is 13.1. The topological polar surface area (TPSA) is 0 Å². The molecule has 0 aliphatic carbocycles. The molecule has 0 heterocycles. The first-order valence-electron chi connectivity index (χ1n) is 9.28. The first-order valence-corrected chi connectivity index (χ1v) is 9.28. The van der Waals surface area contributed by atoms with E-state index in [2.05, 4.69) is 27.7 Å². The first kappa shape index (κ1) is 19.0. The Bertz CT molecular complexity index is 153. The van der Waals surface area contributed by atoms with Gasteiger partial charge in [0.05, 0.1) is 0 Å². The van der Waals surface area contributed by atoms with Crippen LogP contribution < -0.4 is 0 Å². The number of hydrogen-bond acceptors (Lipinski definition) is 0. The van der Waals surface area contributed by atoms with Crippen LogP contribution in [0.15, 0.2) is 0 Å². The Morgan fingerprint density at radius 2 is 0.947 bits per heavy atom. The van der Waals surface area contributed by atoms with Gasteiger partial charge in [-0.05, 0) is 18.3 Å². The quantitative estimate of drug-likeness (QED) is 0.288. The van der Waals surface area contributed by atoms with E-state index in [-0.39, 0.29) is 0 Å². The molecule has 19 heavy (non-hydrogen) atoms. The van der Waals surface area contributed by atoms with Crippen LogP contribution in [0.1, 0.15) is 111 Å². The maximum absolute atomic E-state index is 2.36. The van der Waals surface area contributed by atoms with Crippen molar-refractivity contribution in [1.29, 1.82) is 0 Å². The third-order valence-corrected chi connectivity index (χ3v) is 4.51. The number of hydrogen-bond donors (Lipinski definition) is 0. The predicted octanol–water partition coefficient (Wildman–Crippen LogP) is 7.37. The minimum Gasteiger partial charge on any atom is -0.0654 e. The maximum Gasteiger partial charge on any atom is -0.0412 e. The van der Waals surface area contributed by atoms with E-state index < -0.39 is 0 Å². The Labute approximate surface area is 123 Å². The molecular formula is C19H40. The molecule has 0 heteroatoms. The lowest BCUT2D eigenvalue weighted by Gasteiger charge is -2.23. The summed E-state index contributed by atoms with van der Waals surface area (Å²) in [5.74, 6) is 2.05. The van der Waals surface area contributed by atoms with E-state index in [0.29, 0.717) is 0 Å². The molecule has 0 aliphatic rings. The highest BCUT2D eigenvalue weighted by atomic mass is 14.2. The monoisotopic (exact) mass is 268 g/mol. The summed E-state index contributed by atoms with van der Waals surface area (Å²) in [6.07, 6.45) is 18.8. The Hall–Kier alpha value is 0. The highest BCUT2D eigenvalue weighted by Crippen LogP contribution is 2.29. The van der Waals surface area contributed by atoms with Crippen molar-refractivity contribution >= 4 is 0 Å². The molecule has 0 aromatic carbocycles. The fourth-order valence-corrected chi connectivity index (χ4v) is 3.31. The molecule has 0 aromatic rings. The van der Waals surface area contributed by atoms with Crippen LogP contribution in [0.4, 0.5) is 0 Å². The average Bonchev–Trinajstić information content (AvgIpc) is 2.42. The van der Waals surface area contributed by atoms with Gasteiger partial charge in [-0.25, -0.2) is 0 Å². The molecule has 0 spiro atoms. The lowest BCUT2D eigenvalue weighted by atomic mass is 9.83. The lowest BCUT2D eigenvalue weighted by Crippen LogP contribution is -2.10. The Balaban J connectivity index is 4.10. The minimum absolute atomic E-state index is 1.02. The van der Waals surface area contributed by atoms with Crippen LogP contribution in [-0.4, -0.2) is 0 Å². The summed E-state index contributed by atoms with van der Waals surface area (Å²) >= 11 is 0. The van der Waals surface area contributed by atoms with E-state index in [1.165, 1.54) is 83.5 Å². The van der Waals surface area contributed by atoms with Crippen molar-refractivity contribution in [3.8, 4) is 0 Å². The van der Waals surface area contributed by atoms with Crippen LogP contribution in [0, 0.1) is 11.8 Å². The molecule has 0 radical (unpaired) electrons. The maximum atomic E-state index is 2.36. The SMILES string of the molecule is CCCCCC(CCC)CC(CCCC)CCCC. The standard InChI is InChI=1S/C19H40/c1-5-9-12-16-18(13-8-4)17-19(14-10-6-2)15-11-7-3/h18-19H,5-17H2,1-4H3. The van der Waals surface area contributed by atoms with Crippen molar-refractivity contribution in [3.05, 3.63) is 0 Å².